The molecule has 0 heterocycles. The molecular formula is C18H27NO2. The highest BCUT2D eigenvalue weighted by atomic mass is 16.5. The fourth-order valence-electron chi connectivity index (χ4n) is 2.34. The molecule has 0 aliphatic carbocycles. The Kier molecular flexibility index (Phi) is 8.57. The third-order valence-corrected chi connectivity index (χ3v) is 3.22. The van der Waals surface area contributed by atoms with Crippen LogP contribution in [0.5, 0.6) is 5.75 Å². The second-order valence-corrected chi connectivity index (χ2v) is 5.08. The second-order valence-electron chi connectivity index (χ2n) is 5.08. The average Bonchev–Trinajstić information content (AvgIpc) is 2.48. The Labute approximate surface area is 128 Å². The minimum absolute atomic E-state index is 0.108. The molecule has 0 aliphatic rings. The van der Waals surface area contributed by atoms with Crippen LogP contribution in [0.2, 0.25) is 0 Å². The summed E-state index contributed by atoms with van der Waals surface area (Å²) >= 11 is 0. The molecule has 21 heavy (non-hydrogen) atoms. The Bertz CT molecular complexity index is 468. The van der Waals surface area contributed by atoms with Crippen LogP contribution in [-0.2, 0) is 6.54 Å². The van der Waals surface area contributed by atoms with E-state index in [0.29, 0.717) is 6.42 Å². The van der Waals surface area contributed by atoms with Crippen molar-refractivity contribution in [2.24, 2.45) is 0 Å². The molecule has 1 N–H and O–H groups in total. The fourth-order valence-corrected chi connectivity index (χ4v) is 2.34. The number of nitrogens with zero attached hydrogens (tertiary/aromatic N) is 1. The maximum absolute atomic E-state index is 8.79. The highest BCUT2D eigenvalue weighted by Crippen LogP contribution is 2.21. The lowest BCUT2D eigenvalue weighted by molar-refractivity contribution is 0.262. The maximum Gasteiger partial charge on any atom is 0.123 e. The van der Waals surface area contributed by atoms with Gasteiger partial charge in [-0.25, -0.2) is 0 Å². The molecule has 1 aromatic carbocycles. The monoisotopic (exact) mass is 289 g/mol. The van der Waals surface area contributed by atoms with E-state index in [1.165, 1.54) is 5.56 Å². The maximum atomic E-state index is 8.79. The van der Waals surface area contributed by atoms with Crippen LogP contribution in [0, 0.1) is 11.8 Å². The van der Waals surface area contributed by atoms with Crippen LogP contribution in [-0.4, -0.2) is 36.8 Å². The summed E-state index contributed by atoms with van der Waals surface area (Å²) in [5.74, 6) is 6.97. The van der Waals surface area contributed by atoms with Crippen molar-refractivity contribution in [3.63, 3.8) is 0 Å². The quantitative estimate of drug-likeness (QED) is 0.747. The lowest BCUT2D eigenvalue weighted by atomic mass is 10.1. The van der Waals surface area contributed by atoms with E-state index in [0.717, 1.165) is 43.8 Å². The highest BCUT2D eigenvalue weighted by Gasteiger charge is 2.09. The van der Waals surface area contributed by atoms with Crippen molar-refractivity contribution >= 4 is 0 Å². The topological polar surface area (TPSA) is 32.7 Å². The number of methoxy groups -OCH3 is 1. The molecule has 0 spiro atoms. The largest absolute Gasteiger partial charge is 0.496 e. The van der Waals surface area contributed by atoms with E-state index >= 15 is 0 Å². The first-order chi connectivity index (χ1) is 10.2. The third kappa shape index (κ3) is 6.20. The molecular weight excluding hydrogens is 262 g/mol. The summed E-state index contributed by atoms with van der Waals surface area (Å²) in [6.45, 7) is 7.60. The van der Waals surface area contributed by atoms with Gasteiger partial charge in [0.15, 0.2) is 0 Å². The molecule has 0 radical (unpaired) electrons. The number of hydrogen-bond donors (Lipinski definition) is 1. The molecule has 0 fully saturated rings. The lowest BCUT2D eigenvalue weighted by Crippen LogP contribution is -2.25. The van der Waals surface area contributed by atoms with Crippen LogP contribution in [0.1, 0.15) is 44.2 Å². The summed E-state index contributed by atoms with van der Waals surface area (Å²) in [6, 6.07) is 6.05. The molecule has 0 unspecified atom stereocenters. The highest BCUT2D eigenvalue weighted by molar-refractivity contribution is 5.44. The van der Waals surface area contributed by atoms with Crippen molar-refractivity contribution in [3.8, 4) is 17.6 Å². The SMILES string of the molecule is CCCN(CCC)Cc1cc(C#CCCO)ccc1OC. The first-order valence-electron chi connectivity index (χ1n) is 7.74. The van der Waals surface area contributed by atoms with E-state index in [4.69, 9.17) is 9.84 Å². The average molecular weight is 289 g/mol. The second kappa shape index (κ2) is 10.3. The summed E-state index contributed by atoms with van der Waals surface area (Å²) in [4.78, 5) is 2.45. The number of benzene rings is 1. The van der Waals surface area contributed by atoms with Gasteiger partial charge in [0.2, 0.25) is 0 Å². The smallest absolute Gasteiger partial charge is 0.123 e. The normalized spacial score (nSPS) is 10.3. The summed E-state index contributed by atoms with van der Waals surface area (Å²) in [6.07, 6.45) is 2.82. The molecule has 0 aliphatic heterocycles. The molecule has 0 atom stereocenters. The summed E-state index contributed by atoms with van der Waals surface area (Å²) in [5.41, 5.74) is 2.15. The predicted octanol–water partition coefficient (Wildman–Crippen LogP) is 3.05. The van der Waals surface area contributed by atoms with Crippen LogP contribution < -0.4 is 4.74 Å². The number of aliphatic hydroxyl groups is 1. The van der Waals surface area contributed by atoms with Crippen molar-refractivity contribution in [1.82, 2.24) is 4.90 Å². The van der Waals surface area contributed by atoms with Crippen LogP contribution in [0.4, 0.5) is 0 Å². The molecule has 3 nitrogen and oxygen atoms in total. The minimum atomic E-state index is 0.108. The van der Waals surface area contributed by atoms with Gasteiger partial charge >= 0.3 is 0 Å². The summed E-state index contributed by atoms with van der Waals surface area (Å²) < 4.78 is 5.47. The minimum Gasteiger partial charge on any atom is -0.496 e. The van der Waals surface area contributed by atoms with Crippen LogP contribution in [0.25, 0.3) is 0 Å². The van der Waals surface area contributed by atoms with Crippen molar-refractivity contribution in [3.05, 3.63) is 29.3 Å². The zero-order valence-corrected chi connectivity index (χ0v) is 13.5. The van der Waals surface area contributed by atoms with Gasteiger partial charge in [-0.2, -0.15) is 0 Å². The molecule has 0 amide bonds. The molecule has 1 aromatic rings. The molecule has 116 valence electrons. The van der Waals surface area contributed by atoms with Crippen LogP contribution in [0.15, 0.2) is 18.2 Å². The molecule has 3 heteroatoms. The Morgan fingerprint density at radius 2 is 1.90 bits per heavy atom. The van der Waals surface area contributed by atoms with Crippen molar-refractivity contribution in [2.75, 3.05) is 26.8 Å². The number of hydrogen-bond acceptors (Lipinski definition) is 3. The fraction of sp³-hybridized carbons (Fsp3) is 0.556. The van der Waals surface area contributed by atoms with Gasteiger partial charge in [-0.15, -0.1) is 0 Å². The zero-order valence-electron chi connectivity index (χ0n) is 13.5. The molecule has 0 aromatic heterocycles. The van der Waals surface area contributed by atoms with Gasteiger partial charge in [0, 0.05) is 24.1 Å². The van der Waals surface area contributed by atoms with E-state index in [2.05, 4.69) is 36.7 Å². The van der Waals surface area contributed by atoms with E-state index in [9.17, 15) is 0 Å². The molecule has 0 bridgehead atoms. The predicted molar refractivity (Wildman–Crippen MR) is 87.4 cm³/mol. The van der Waals surface area contributed by atoms with E-state index in [-0.39, 0.29) is 6.61 Å². The standard InChI is InChI=1S/C18H27NO2/c1-4-11-19(12-5-2)15-17-14-16(8-6-7-13-20)9-10-18(17)21-3/h9-10,14,20H,4-5,7,11-13,15H2,1-3H3. The number of ether oxygens (including phenoxy) is 1. The summed E-state index contributed by atoms with van der Waals surface area (Å²) in [7, 11) is 1.71. The first-order valence-corrected chi connectivity index (χ1v) is 7.74. The molecule has 0 saturated heterocycles. The van der Waals surface area contributed by atoms with E-state index < -0.39 is 0 Å². The number of aliphatic hydroxyl groups excluding tert-OH is 1. The Balaban J connectivity index is 2.91. The first kappa shape index (κ1) is 17.6. The van der Waals surface area contributed by atoms with E-state index in [1.807, 2.05) is 12.1 Å². The van der Waals surface area contributed by atoms with Gasteiger partial charge < -0.3 is 9.84 Å². The van der Waals surface area contributed by atoms with Gasteiger partial charge in [-0.1, -0.05) is 25.7 Å². The number of rotatable bonds is 8. The summed E-state index contributed by atoms with van der Waals surface area (Å²) in [5, 5.41) is 8.79. The van der Waals surface area contributed by atoms with Gasteiger partial charge in [-0.3, -0.25) is 4.90 Å². The Morgan fingerprint density at radius 1 is 1.19 bits per heavy atom. The van der Waals surface area contributed by atoms with Crippen LogP contribution >= 0.6 is 0 Å². The van der Waals surface area contributed by atoms with Crippen molar-refractivity contribution in [2.45, 2.75) is 39.7 Å². The third-order valence-electron chi connectivity index (χ3n) is 3.22. The van der Waals surface area contributed by atoms with Gasteiger partial charge in [0.05, 0.1) is 13.7 Å². The van der Waals surface area contributed by atoms with Gasteiger partial charge in [-0.05, 0) is 44.1 Å². The van der Waals surface area contributed by atoms with Crippen molar-refractivity contribution in [1.29, 1.82) is 0 Å². The van der Waals surface area contributed by atoms with Gasteiger partial charge in [0.25, 0.3) is 0 Å². The molecule has 1 rings (SSSR count). The Hall–Kier alpha value is -1.50. The molecule has 0 saturated carbocycles. The lowest BCUT2D eigenvalue weighted by Gasteiger charge is -2.22. The Morgan fingerprint density at radius 3 is 2.48 bits per heavy atom. The van der Waals surface area contributed by atoms with Crippen LogP contribution in [0.3, 0.4) is 0 Å². The van der Waals surface area contributed by atoms with Crippen molar-refractivity contribution < 1.29 is 9.84 Å². The zero-order chi connectivity index (χ0) is 15.5. The van der Waals surface area contributed by atoms with E-state index in [1.54, 1.807) is 7.11 Å². The van der Waals surface area contributed by atoms with Gasteiger partial charge in [0.1, 0.15) is 5.75 Å².